The number of thiophene rings is 1. The Labute approximate surface area is 215 Å². The summed E-state index contributed by atoms with van der Waals surface area (Å²) in [6, 6.07) is 10.3. The van der Waals surface area contributed by atoms with E-state index in [0.717, 1.165) is 25.1 Å². The van der Waals surface area contributed by atoms with E-state index >= 15 is 0 Å². The summed E-state index contributed by atoms with van der Waals surface area (Å²) in [4.78, 5) is 46.2. The van der Waals surface area contributed by atoms with Gasteiger partial charge in [0, 0.05) is 39.8 Å². The maximum Gasteiger partial charge on any atom is 0.264 e. The third kappa shape index (κ3) is 6.05. The zero-order chi connectivity index (χ0) is 25.5. The highest BCUT2D eigenvalue weighted by Gasteiger charge is 2.44. The number of methoxy groups -OCH3 is 2. The van der Waals surface area contributed by atoms with Gasteiger partial charge in [-0.3, -0.25) is 14.4 Å². The van der Waals surface area contributed by atoms with E-state index in [2.05, 4.69) is 5.32 Å². The Morgan fingerprint density at radius 3 is 2.75 bits per heavy atom. The second kappa shape index (κ2) is 12.3. The Morgan fingerprint density at radius 2 is 2.00 bits per heavy atom. The van der Waals surface area contributed by atoms with E-state index in [1.807, 2.05) is 40.6 Å². The molecular weight excluding hydrogens is 480 g/mol. The van der Waals surface area contributed by atoms with Gasteiger partial charge < -0.3 is 29.5 Å². The molecule has 9 nitrogen and oxygen atoms in total. The van der Waals surface area contributed by atoms with Gasteiger partial charge in [0.2, 0.25) is 11.8 Å². The number of hydrogen-bond donors (Lipinski definition) is 1. The second-order valence-electron chi connectivity index (χ2n) is 9.08. The van der Waals surface area contributed by atoms with Gasteiger partial charge in [0.05, 0.1) is 18.0 Å². The first-order valence-electron chi connectivity index (χ1n) is 12.3. The molecule has 194 valence electrons. The molecule has 0 bridgehead atoms. The molecule has 2 saturated heterocycles. The largest absolute Gasteiger partial charge is 0.497 e. The van der Waals surface area contributed by atoms with E-state index in [1.165, 1.54) is 18.4 Å². The maximum atomic E-state index is 13.7. The number of amides is 3. The summed E-state index contributed by atoms with van der Waals surface area (Å²) in [5.74, 6) is 0.304. The van der Waals surface area contributed by atoms with Crippen LogP contribution in [0.15, 0.2) is 41.8 Å². The van der Waals surface area contributed by atoms with Crippen molar-refractivity contribution in [3.8, 4) is 5.75 Å². The number of carbonyl (C=O) groups excluding carboxylic acids is 3. The molecule has 2 unspecified atom stereocenters. The minimum absolute atomic E-state index is 0.0597. The molecule has 4 rings (SSSR count). The van der Waals surface area contributed by atoms with Crippen molar-refractivity contribution in [3.05, 3.63) is 52.2 Å². The van der Waals surface area contributed by atoms with Crippen LogP contribution in [0.1, 0.15) is 28.1 Å². The van der Waals surface area contributed by atoms with Crippen LogP contribution in [0.2, 0.25) is 0 Å². The van der Waals surface area contributed by atoms with Gasteiger partial charge in [0.15, 0.2) is 0 Å². The molecule has 10 heteroatoms. The summed E-state index contributed by atoms with van der Waals surface area (Å²) in [5, 5.41) is 5.19. The molecule has 3 heterocycles. The predicted molar refractivity (Wildman–Crippen MR) is 137 cm³/mol. The van der Waals surface area contributed by atoms with E-state index in [9.17, 15) is 14.4 Å². The average Bonchev–Trinajstić information content (AvgIpc) is 3.51. The highest BCUT2D eigenvalue weighted by Crippen LogP contribution is 2.28. The monoisotopic (exact) mass is 514 g/mol. The zero-order valence-corrected chi connectivity index (χ0v) is 21.7. The van der Waals surface area contributed by atoms with E-state index in [-0.39, 0.29) is 36.9 Å². The van der Waals surface area contributed by atoms with Crippen LogP contribution in [0, 0.1) is 0 Å². The van der Waals surface area contributed by atoms with Crippen molar-refractivity contribution in [3.63, 3.8) is 0 Å². The second-order valence-corrected chi connectivity index (χ2v) is 10.0. The Kier molecular flexibility index (Phi) is 8.95. The molecule has 2 aliphatic heterocycles. The fourth-order valence-electron chi connectivity index (χ4n) is 4.91. The number of benzene rings is 1. The van der Waals surface area contributed by atoms with Crippen LogP contribution in [-0.2, 0) is 20.9 Å². The smallest absolute Gasteiger partial charge is 0.264 e. The van der Waals surface area contributed by atoms with Crippen molar-refractivity contribution in [1.29, 1.82) is 0 Å². The van der Waals surface area contributed by atoms with Crippen molar-refractivity contribution in [2.45, 2.75) is 31.5 Å². The van der Waals surface area contributed by atoms with E-state index in [0.29, 0.717) is 36.7 Å². The summed E-state index contributed by atoms with van der Waals surface area (Å²) in [6.07, 6.45) is 1.26. The minimum atomic E-state index is -0.625. The first kappa shape index (κ1) is 26.1. The van der Waals surface area contributed by atoms with Crippen molar-refractivity contribution in [2.75, 3.05) is 53.6 Å². The van der Waals surface area contributed by atoms with Crippen LogP contribution in [-0.4, -0.2) is 98.1 Å². The van der Waals surface area contributed by atoms with Crippen LogP contribution in [0.4, 0.5) is 0 Å². The maximum absolute atomic E-state index is 13.7. The summed E-state index contributed by atoms with van der Waals surface area (Å²) in [5.41, 5.74) is 0.919. The van der Waals surface area contributed by atoms with Crippen molar-refractivity contribution in [2.24, 2.45) is 0 Å². The van der Waals surface area contributed by atoms with E-state index in [1.54, 1.807) is 23.0 Å². The Balaban J connectivity index is 1.62. The molecule has 2 aromatic rings. The minimum Gasteiger partial charge on any atom is -0.497 e. The van der Waals surface area contributed by atoms with Gasteiger partial charge in [-0.1, -0.05) is 18.2 Å². The van der Waals surface area contributed by atoms with Crippen molar-refractivity contribution in [1.82, 2.24) is 20.0 Å². The first-order chi connectivity index (χ1) is 17.5. The van der Waals surface area contributed by atoms with Crippen LogP contribution in [0.3, 0.4) is 0 Å². The fourth-order valence-corrected chi connectivity index (χ4v) is 5.59. The summed E-state index contributed by atoms with van der Waals surface area (Å²) in [7, 11) is 3.08. The lowest BCUT2D eigenvalue weighted by Crippen LogP contribution is -2.49. The Bertz CT molecular complexity index is 1040. The third-order valence-corrected chi connectivity index (χ3v) is 7.58. The summed E-state index contributed by atoms with van der Waals surface area (Å²) < 4.78 is 10.5. The van der Waals surface area contributed by atoms with Crippen LogP contribution in [0.5, 0.6) is 5.75 Å². The van der Waals surface area contributed by atoms with E-state index in [4.69, 9.17) is 9.47 Å². The molecular formula is C26H34N4O5S. The molecule has 36 heavy (non-hydrogen) atoms. The fraction of sp³-hybridized carbons (Fsp3) is 0.500. The van der Waals surface area contributed by atoms with Crippen molar-refractivity contribution >= 4 is 29.1 Å². The topological polar surface area (TPSA) is 91.4 Å². The molecule has 2 aliphatic rings. The molecule has 0 aliphatic carbocycles. The third-order valence-electron chi connectivity index (χ3n) is 6.72. The van der Waals surface area contributed by atoms with Gasteiger partial charge in [0.25, 0.3) is 5.91 Å². The molecule has 3 amide bonds. The number of hydrogen-bond acceptors (Lipinski definition) is 7. The number of likely N-dealkylation sites (tertiary alicyclic amines) is 1. The van der Waals surface area contributed by atoms with Crippen LogP contribution >= 0.6 is 11.3 Å². The van der Waals surface area contributed by atoms with Gasteiger partial charge in [0.1, 0.15) is 18.4 Å². The normalized spacial score (nSPS) is 20.2. The highest BCUT2D eigenvalue weighted by molar-refractivity contribution is 7.12. The summed E-state index contributed by atoms with van der Waals surface area (Å²) in [6.45, 7) is 3.38. The number of nitrogens with one attached hydrogen (secondary N) is 1. The lowest BCUT2D eigenvalue weighted by atomic mass is 10.1. The number of carbonyl (C=O) groups is 3. The van der Waals surface area contributed by atoms with Crippen LogP contribution < -0.4 is 10.1 Å². The predicted octanol–water partition coefficient (Wildman–Crippen LogP) is 1.84. The number of ether oxygens (including phenoxy) is 2. The lowest BCUT2D eigenvalue weighted by Gasteiger charge is -2.29. The van der Waals surface area contributed by atoms with Gasteiger partial charge in [-0.05, 0) is 48.5 Å². The SMILES string of the molecule is COCC(=O)N1CC(N(Cc2cccc(OC)c2)C(=O)c2cccs2)CC1C(=O)N1CCCNCC1. The molecule has 0 radical (unpaired) electrons. The molecule has 2 atom stereocenters. The van der Waals surface area contributed by atoms with Gasteiger partial charge in [-0.15, -0.1) is 11.3 Å². The number of rotatable bonds is 8. The summed E-state index contributed by atoms with van der Waals surface area (Å²) >= 11 is 1.39. The average molecular weight is 515 g/mol. The van der Waals surface area contributed by atoms with Crippen molar-refractivity contribution < 1.29 is 23.9 Å². The molecule has 1 N–H and O–H groups in total. The Hall–Kier alpha value is -2.95. The highest BCUT2D eigenvalue weighted by atomic mass is 32.1. The first-order valence-corrected chi connectivity index (χ1v) is 13.1. The molecule has 1 aromatic carbocycles. The number of nitrogens with zero attached hydrogens (tertiary/aromatic N) is 3. The van der Waals surface area contributed by atoms with Gasteiger partial charge in [-0.25, -0.2) is 0 Å². The molecule has 1 aromatic heterocycles. The standard InChI is InChI=1S/C26H34N4O5S/c1-34-18-24(31)30-17-20(15-22(30)25(32)28-11-5-9-27-10-12-28)29(26(33)23-8-4-13-36-23)16-19-6-3-7-21(14-19)35-2/h3-4,6-8,13-14,20,22,27H,5,9-12,15-18H2,1-2H3. The quantitative estimate of drug-likeness (QED) is 0.578. The molecule has 2 fully saturated rings. The lowest BCUT2D eigenvalue weighted by molar-refractivity contribution is -0.145. The van der Waals surface area contributed by atoms with Crippen LogP contribution in [0.25, 0.3) is 0 Å². The zero-order valence-electron chi connectivity index (χ0n) is 20.9. The van der Waals surface area contributed by atoms with E-state index < -0.39 is 6.04 Å². The van der Waals surface area contributed by atoms with Gasteiger partial charge in [-0.2, -0.15) is 0 Å². The molecule has 0 spiro atoms. The Morgan fingerprint density at radius 1 is 1.14 bits per heavy atom. The molecule has 0 saturated carbocycles. The van der Waals surface area contributed by atoms with Gasteiger partial charge >= 0.3 is 0 Å².